The molecule has 1 saturated heterocycles. The number of hydrogen-bond acceptors (Lipinski definition) is 2. The second kappa shape index (κ2) is 8.68. The van der Waals surface area contributed by atoms with Gasteiger partial charge in [0.05, 0.1) is 6.67 Å². The quantitative estimate of drug-likeness (QED) is 0.685. The Morgan fingerprint density at radius 2 is 1.27 bits per heavy atom. The van der Waals surface area contributed by atoms with Crippen molar-refractivity contribution in [1.82, 2.24) is 9.80 Å². The van der Waals surface area contributed by atoms with Gasteiger partial charge in [0.25, 0.3) is 0 Å². The summed E-state index contributed by atoms with van der Waals surface area (Å²) in [4.78, 5) is 5.47. The van der Waals surface area contributed by atoms with E-state index in [1.54, 1.807) is 0 Å². The van der Waals surface area contributed by atoms with Crippen molar-refractivity contribution in [2.24, 2.45) is 11.8 Å². The first-order valence-corrected chi connectivity index (χ1v) is 10.3. The lowest BCUT2D eigenvalue weighted by molar-refractivity contribution is 0.200. The van der Waals surface area contributed by atoms with Crippen molar-refractivity contribution in [3.05, 3.63) is 0 Å². The average molecular weight is 307 g/mol. The molecule has 1 aliphatic heterocycles. The molecule has 2 heteroatoms. The Labute approximate surface area is 138 Å². The van der Waals surface area contributed by atoms with E-state index < -0.39 is 0 Å². The summed E-state index contributed by atoms with van der Waals surface area (Å²) in [6, 6.07) is 0.853. The highest BCUT2D eigenvalue weighted by Crippen LogP contribution is 2.32. The van der Waals surface area contributed by atoms with E-state index >= 15 is 0 Å². The minimum Gasteiger partial charge on any atom is -0.289 e. The fourth-order valence-electron chi connectivity index (χ4n) is 5.31. The first kappa shape index (κ1) is 16.8. The van der Waals surface area contributed by atoms with Gasteiger partial charge >= 0.3 is 0 Å². The molecule has 1 heterocycles. The van der Waals surface area contributed by atoms with E-state index in [0.29, 0.717) is 0 Å². The van der Waals surface area contributed by atoms with E-state index in [1.807, 2.05) is 0 Å². The van der Waals surface area contributed by atoms with Crippen molar-refractivity contribution >= 4 is 0 Å². The van der Waals surface area contributed by atoms with Gasteiger partial charge in [-0.3, -0.25) is 9.80 Å². The smallest absolute Gasteiger partial charge is 0.0507 e. The fraction of sp³-hybridized carbons (Fsp3) is 1.00. The van der Waals surface area contributed by atoms with Crippen LogP contribution in [0.4, 0.5) is 0 Å². The molecule has 0 spiro atoms. The summed E-state index contributed by atoms with van der Waals surface area (Å²) in [6.07, 6.45) is 19.3. The topological polar surface area (TPSA) is 6.48 Å². The maximum atomic E-state index is 2.79. The Hall–Kier alpha value is -0.0800. The lowest BCUT2D eigenvalue weighted by Crippen LogP contribution is -2.34. The first-order valence-electron chi connectivity index (χ1n) is 10.3. The molecule has 2 nitrogen and oxygen atoms in total. The van der Waals surface area contributed by atoms with E-state index in [-0.39, 0.29) is 0 Å². The van der Waals surface area contributed by atoms with Gasteiger partial charge in [-0.1, -0.05) is 57.8 Å². The van der Waals surface area contributed by atoms with Crippen LogP contribution in [0.5, 0.6) is 0 Å². The molecular weight excluding hydrogens is 268 g/mol. The Morgan fingerprint density at radius 3 is 1.91 bits per heavy atom. The second-order valence-corrected chi connectivity index (χ2v) is 8.46. The van der Waals surface area contributed by atoms with Crippen molar-refractivity contribution in [3.63, 3.8) is 0 Å². The average Bonchev–Trinajstić information content (AvgIpc) is 2.70. The zero-order valence-corrected chi connectivity index (χ0v) is 14.9. The van der Waals surface area contributed by atoms with Crippen LogP contribution in [0.2, 0.25) is 0 Å². The summed E-state index contributed by atoms with van der Waals surface area (Å²) in [5.74, 6) is 1.97. The van der Waals surface area contributed by atoms with Gasteiger partial charge in [-0.15, -0.1) is 0 Å². The summed E-state index contributed by atoms with van der Waals surface area (Å²) >= 11 is 0. The van der Waals surface area contributed by atoms with Crippen LogP contribution in [0.3, 0.4) is 0 Å². The summed E-state index contributed by atoms with van der Waals surface area (Å²) < 4.78 is 0. The Morgan fingerprint density at radius 1 is 0.727 bits per heavy atom. The van der Waals surface area contributed by atoms with Crippen molar-refractivity contribution in [3.8, 4) is 0 Å². The van der Waals surface area contributed by atoms with Gasteiger partial charge < -0.3 is 0 Å². The van der Waals surface area contributed by atoms with Gasteiger partial charge in [0.15, 0.2) is 0 Å². The lowest BCUT2D eigenvalue weighted by Gasteiger charge is -2.27. The van der Waals surface area contributed by atoms with Crippen LogP contribution in [0.25, 0.3) is 0 Å². The van der Waals surface area contributed by atoms with Crippen LogP contribution >= 0.6 is 0 Å². The van der Waals surface area contributed by atoms with Crippen molar-refractivity contribution < 1.29 is 0 Å². The van der Waals surface area contributed by atoms with Gasteiger partial charge in [0.1, 0.15) is 0 Å². The van der Waals surface area contributed by atoms with Gasteiger partial charge in [-0.05, 0) is 44.6 Å². The molecule has 2 saturated carbocycles. The van der Waals surface area contributed by atoms with Crippen LogP contribution in [-0.4, -0.2) is 42.6 Å². The molecule has 1 atom stereocenters. The highest BCUT2D eigenvalue weighted by atomic mass is 15.4. The van der Waals surface area contributed by atoms with Crippen LogP contribution in [-0.2, 0) is 0 Å². The van der Waals surface area contributed by atoms with Crippen LogP contribution in [0.1, 0.15) is 83.5 Å². The largest absolute Gasteiger partial charge is 0.289 e. The molecule has 3 aliphatic rings. The summed E-state index contributed by atoms with van der Waals surface area (Å²) in [7, 11) is 2.38. The minimum absolute atomic E-state index is 0.853. The molecule has 0 radical (unpaired) electrons. The normalized spacial score (nSPS) is 31.8. The predicted octanol–water partition coefficient (Wildman–Crippen LogP) is 4.89. The van der Waals surface area contributed by atoms with E-state index in [4.69, 9.17) is 0 Å². The van der Waals surface area contributed by atoms with Gasteiger partial charge in [0, 0.05) is 19.1 Å². The third kappa shape index (κ3) is 4.71. The molecular formula is C20H38N2. The maximum absolute atomic E-state index is 2.79. The molecule has 0 bridgehead atoms. The number of hydrogen-bond donors (Lipinski definition) is 0. The predicted molar refractivity (Wildman–Crippen MR) is 95.0 cm³/mol. The zero-order valence-electron chi connectivity index (χ0n) is 14.9. The first-order chi connectivity index (χ1) is 10.8. The number of nitrogens with zero attached hydrogens (tertiary/aromatic N) is 2. The SMILES string of the molecule is CN1CN(CC2CCCCCCC2)CC1C1CCCCCC1. The van der Waals surface area contributed by atoms with Crippen molar-refractivity contribution in [2.45, 2.75) is 89.5 Å². The molecule has 0 aromatic carbocycles. The lowest BCUT2D eigenvalue weighted by atomic mass is 9.90. The Kier molecular flexibility index (Phi) is 6.62. The molecule has 0 aromatic heterocycles. The van der Waals surface area contributed by atoms with Gasteiger partial charge in [-0.2, -0.15) is 0 Å². The van der Waals surface area contributed by atoms with Crippen LogP contribution < -0.4 is 0 Å². The Balaban J connectivity index is 1.48. The molecule has 3 fully saturated rings. The molecule has 1 unspecified atom stereocenters. The number of rotatable bonds is 3. The molecule has 0 N–H and O–H groups in total. The maximum Gasteiger partial charge on any atom is 0.0507 e. The molecule has 22 heavy (non-hydrogen) atoms. The zero-order chi connectivity index (χ0) is 15.2. The van der Waals surface area contributed by atoms with Gasteiger partial charge in [0.2, 0.25) is 0 Å². The highest BCUT2D eigenvalue weighted by Gasteiger charge is 2.34. The van der Waals surface area contributed by atoms with E-state index in [9.17, 15) is 0 Å². The second-order valence-electron chi connectivity index (χ2n) is 8.46. The molecule has 2 aliphatic carbocycles. The van der Waals surface area contributed by atoms with Crippen LogP contribution in [0.15, 0.2) is 0 Å². The van der Waals surface area contributed by atoms with Crippen molar-refractivity contribution in [1.29, 1.82) is 0 Å². The summed E-state index contributed by atoms with van der Waals surface area (Å²) in [5, 5.41) is 0. The molecule has 128 valence electrons. The fourth-order valence-corrected chi connectivity index (χ4v) is 5.31. The summed E-state index contributed by atoms with van der Waals surface area (Å²) in [6.45, 7) is 3.98. The van der Waals surface area contributed by atoms with E-state index in [1.165, 1.54) is 103 Å². The Bertz CT molecular complexity index is 301. The van der Waals surface area contributed by atoms with Crippen molar-refractivity contribution in [2.75, 3.05) is 26.8 Å². The standard InChI is InChI=1S/C20H38N2/c1-21-17-22(15-18-11-7-3-2-4-8-12-18)16-20(21)19-13-9-5-6-10-14-19/h18-20H,2-17H2,1H3. The third-order valence-corrected chi connectivity index (χ3v) is 6.62. The highest BCUT2D eigenvalue weighted by molar-refractivity contribution is 4.88. The molecule has 3 rings (SSSR count). The van der Waals surface area contributed by atoms with Gasteiger partial charge in [-0.25, -0.2) is 0 Å². The summed E-state index contributed by atoms with van der Waals surface area (Å²) in [5.41, 5.74) is 0. The van der Waals surface area contributed by atoms with Crippen LogP contribution in [0, 0.1) is 11.8 Å². The van der Waals surface area contributed by atoms with E-state index in [0.717, 1.165) is 17.9 Å². The monoisotopic (exact) mass is 306 g/mol. The van der Waals surface area contributed by atoms with E-state index in [2.05, 4.69) is 16.8 Å². The molecule has 0 aromatic rings. The third-order valence-electron chi connectivity index (χ3n) is 6.62. The number of likely N-dealkylation sites (N-methyl/N-ethyl adjacent to an activating group) is 1. The molecule has 0 amide bonds. The minimum atomic E-state index is 0.853.